The molecule has 0 saturated carbocycles. The molecule has 4 rings (SSSR count). The van der Waals surface area contributed by atoms with E-state index in [-0.39, 0.29) is 24.6 Å². The molecule has 0 fully saturated rings. The molecular formula is C21H20F2N4O3. The van der Waals surface area contributed by atoms with Crippen LogP contribution < -0.4 is 10.1 Å². The van der Waals surface area contributed by atoms with Gasteiger partial charge in [0.1, 0.15) is 12.4 Å². The Balaban J connectivity index is 1.36. The van der Waals surface area contributed by atoms with Crippen molar-refractivity contribution < 1.29 is 22.8 Å². The summed E-state index contributed by atoms with van der Waals surface area (Å²) < 4.78 is 37.3. The number of halogens is 2. The molecule has 1 amide bonds. The van der Waals surface area contributed by atoms with Crippen LogP contribution in [0.1, 0.15) is 51.9 Å². The maximum Gasteiger partial charge on any atom is 0.273 e. The molecule has 1 N–H and O–H groups in total. The van der Waals surface area contributed by atoms with Gasteiger partial charge in [-0.2, -0.15) is 0 Å². The summed E-state index contributed by atoms with van der Waals surface area (Å²) in [7, 11) is 0. The molecule has 0 atom stereocenters. The molecule has 0 spiro atoms. The Bertz CT molecular complexity index is 1060. The van der Waals surface area contributed by atoms with Gasteiger partial charge in [-0.05, 0) is 50.3 Å². The lowest BCUT2D eigenvalue weighted by Gasteiger charge is -2.17. The van der Waals surface area contributed by atoms with Crippen molar-refractivity contribution >= 4 is 5.91 Å². The molecule has 2 heterocycles. The summed E-state index contributed by atoms with van der Waals surface area (Å²) in [6.45, 7) is 1.84. The monoisotopic (exact) mass is 414 g/mol. The summed E-state index contributed by atoms with van der Waals surface area (Å²) in [5.74, 6) is -1.94. The molecule has 0 saturated heterocycles. The molecule has 156 valence electrons. The zero-order valence-electron chi connectivity index (χ0n) is 16.4. The third-order valence-electron chi connectivity index (χ3n) is 4.91. The van der Waals surface area contributed by atoms with E-state index in [9.17, 15) is 13.6 Å². The van der Waals surface area contributed by atoms with E-state index < -0.39 is 23.3 Å². The van der Waals surface area contributed by atoms with Crippen LogP contribution in [-0.4, -0.2) is 21.0 Å². The highest BCUT2D eigenvalue weighted by Crippen LogP contribution is 2.23. The summed E-state index contributed by atoms with van der Waals surface area (Å²) in [4.78, 5) is 21.4. The van der Waals surface area contributed by atoms with E-state index in [1.165, 1.54) is 17.7 Å². The number of rotatable bonds is 6. The molecule has 1 aliphatic carbocycles. The molecule has 1 aromatic carbocycles. The predicted molar refractivity (Wildman–Crippen MR) is 102 cm³/mol. The van der Waals surface area contributed by atoms with E-state index in [2.05, 4.69) is 20.4 Å². The van der Waals surface area contributed by atoms with Crippen LogP contribution in [0.2, 0.25) is 0 Å². The second kappa shape index (κ2) is 8.56. The molecule has 2 aromatic heterocycles. The van der Waals surface area contributed by atoms with E-state index in [0.717, 1.165) is 49.2 Å². The Morgan fingerprint density at radius 2 is 1.97 bits per heavy atom. The van der Waals surface area contributed by atoms with Crippen LogP contribution in [0.25, 0.3) is 0 Å². The van der Waals surface area contributed by atoms with Gasteiger partial charge in [0.2, 0.25) is 0 Å². The van der Waals surface area contributed by atoms with Gasteiger partial charge in [-0.25, -0.2) is 18.7 Å². The lowest BCUT2D eigenvalue weighted by molar-refractivity contribution is 0.0940. The molecular weight excluding hydrogens is 394 g/mol. The SMILES string of the molecule is Cc1nc(CNC(=O)c2cc(COc3c(F)cccc3F)on2)nc2c1CCCC2. The summed E-state index contributed by atoms with van der Waals surface area (Å²) >= 11 is 0. The van der Waals surface area contributed by atoms with Gasteiger partial charge in [0.25, 0.3) is 5.91 Å². The van der Waals surface area contributed by atoms with E-state index in [1.807, 2.05) is 6.92 Å². The number of nitrogens with one attached hydrogen (secondary N) is 1. The van der Waals surface area contributed by atoms with Crippen molar-refractivity contribution in [2.24, 2.45) is 0 Å². The molecule has 0 bridgehead atoms. The summed E-state index contributed by atoms with van der Waals surface area (Å²) in [5.41, 5.74) is 3.24. The molecule has 9 heteroatoms. The number of benzene rings is 1. The van der Waals surface area contributed by atoms with Crippen molar-refractivity contribution in [1.29, 1.82) is 0 Å². The molecule has 0 aliphatic heterocycles. The smallest absolute Gasteiger partial charge is 0.273 e. The standard InChI is InChI=1S/C21H20F2N4O3/c1-12-14-5-2-3-8-17(14)26-19(25-12)10-24-21(28)18-9-13(30-27-18)11-29-20-15(22)6-4-7-16(20)23/h4,6-7,9H,2-3,5,8,10-11H2,1H3,(H,24,28). The summed E-state index contributed by atoms with van der Waals surface area (Å²) in [6.07, 6.45) is 4.17. The van der Waals surface area contributed by atoms with Gasteiger partial charge < -0.3 is 14.6 Å². The third-order valence-corrected chi connectivity index (χ3v) is 4.91. The van der Waals surface area contributed by atoms with Crippen molar-refractivity contribution in [3.8, 4) is 5.75 Å². The topological polar surface area (TPSA) is 90.1 Å². The molecule has 30 heavy (non-hydrogen) atoms. The highest BCUT2D eigenvalue weighted by atomic mass is 19.1. The van der Waals surface area contributed by atoms with Crippen LogP contribution in [-0.2, 0) is 26.0 Å². The molecule has 7 nitrogen and oxygen atoms in total. The van der Waals surface area contributed by atoms with Gasteiger partial charge in [0, 0.05) is 17.5 Å². The van der Waals surface area contributed by atoms with Crippen LogP contribution in [0.4, 0.5) is 8.78 Å². The van der Waals surface area contributed by atoms with Crippen molar-refractivity contribution in [3.05, 3.63) is 70.1 Å². The van der Waals surface area contributed by atoms with E-state index in [0.29, 0.717) is 5.82 Å². The molecule has 0 radical (unpaired) electrons. The Morgan fingerprint density at radius 3 is 2.77 bits per heavy atom. The molecule has 1 aliphatic rings. The van der Waals surface area contributed by atoms with Crippen LogP contribution in [0, 0.1) is 18.6 Å². The number of hydrogen-bond donors (Lipinski definition) is 1. The van der Waals surface area contributed by atoms with E-state index in [1.54, 1.807) is 0 Å². The highest BCUT2D eigenvalue weighted by Gasteiger charge is 2.18. The number of para-hydroxylation sites is 1. The van der Waals surface area contributed by atoms with E-state index >= 15 is 0 Å². The molecule has 3 aromatic rings. The van der Waals surface area contributed by atoms with Gasteiger partial charge >= 0.3 is 0 Å². The first-order valence-electron chi connectivity index (χ1n) is 9.67. The Morgan fingerprint density at radius 1 is 1.20 bits per heavy atom. The van der Waals surface area contributed by atoms with Crippen molar-refractivity contribution in [1.82, 2.24) is 20.4 Å². The second-order valence-corrected chi connectivity index (χ2v) is 7.06. The van der Waals surface area contributed by atoms with E-state index in [4.69, 9.17) is 9.26 Å². The Hall–Kier alpha value is -3.36. The summed E-state index contributed by atoms with van der Waals surface area (Å²) in [6, 6.07) is 4.76. The molecule has 0 unspecified atom stereocenters. The first-order valence-corrected chi connectivity index (χ1v) is 9.67. The fraction of sp³-hybridized carbons (Fsp3) is 0.333. The highest BCUT2D eigenvalue weighted by molar-refractivity contribution is 5.92. The van der Waals surface area contributed by atoms with Gasteiger partial charge in [-0.3, -0.25) is 4.79 Å². The minimum absolute atomic E-state index is 0.0253. The number of fused-ring (bicyclic) bond motifs is 1. The van der Waals surface area contributed by atoms with Gasteiger partial charge in [-0.15, -0.1) is 0 Å². The number of ether oxygens (including phenoxy) is 1. The minimum Gasteiger partial charge on any atom is -0.479 e. The number of aromatic nitrogens is 3. The first-order chi connectivity index (χ1) is 14.5. The van der Waals surface area contributed by atoms with Crippen molar-refractivity contribution in [2.45, 2.75) is 45.8 Å². The summed E-state index contributed by atoms with van der Waals surface area (Å²) in [5, 5.41) is 6.39. The quantitative estimate of drug-likeness (QED) is 0.665. The number of aryl methyl sites for hydroxylation is 2. The fourth-order valence-corrected chi connectivity index (χ4v) is 3.43. The first kappa shape index (κ1) is 19.9. The minimum atomic E-state index is -0.826. The average Bonchev–Trinajstić information content (AvgIpc) is 3.21. The number of carbonyl (C=O) groups excluding carboxylic acids is 1. The third kappa shape index (κ3) is 4.29. The van der Waals surface area contributed by atoms with Gasteiger partial charge in [0.05, 0.1) is 6.54 Å². The van der Waals surface area contributed by atoms with Gasteiger partial charge in [-0.1, -0.05) is 11.2 Å². The van der Waals surface area contributed by atoms with Crippen LogP contribution in [0.15, 0.2) is 28.8 Å². The Labute approximate surface area is 171 Å². The van der Waals surface area contributed by atoms with Gasteiger partial charge in [0.15, 0.2) is 28.8 Å². The van der Waals surface area contributed by atoms with Crippen molar-refractivity contribution in [2.75, 3.05) is 0 Å². The zero-order valence-corrected chi connectivity index (χ0v) is 16.4. The number of hydrogen-bond acceptors (Lipinski definition) is 6. The lowest BCUT2D eigenvalue weighted by atomic mass is 9.95. The lowest BCUT2D eigenvalue weighted by Crippen LogP contribution is -2.25. The predicted octanol–water partition coefficient (Wildman–Crippen LogP) is 3.44. The maximum atomic E-state index is 13.6. The zero-order chi connectivity index (χ0) is 21.1. The maximum absolute atomic E-state index is 13.6. The average molecular weight is 414 g/mol. The number of carbonyl (C=O) groups is 1. The second-order valence-electron chi connectivity index (χ2n) is 7.06. The van der Waals surface area contributed by atoms with Crippen molar-refractivity contribution in [3.63, 3.8) is 0 Å². The number of nitrogens with zero attached hydrogens (tertiary/aromatic N) is 3. The normalized spacial score (nSPS) is 13.0. The van der Waals surface area contributed by atoms with Crippen LogP contribution in [0.5, 0.6) is 5.75 Å². The largest absolute Gasteiger partial charge is 0.479 e. The Kier molecular flexibility index (Phi) is 5.69. The fourth-order valence-electron chi connectivity index (χ4n) is 3.43. The van der Waals surface area contributed by atoms with Crippen LogP contribution >= 0.6 is 0 Å². The number of amides is 1. The van der Waals surface area contributed by atoms with Crippen LogP contribution in [0.3, 0.4) is 0 Å².